The number of hydrogen-bond acceptors (Lipinski definition) is 6. The molecule has 27 heavy (non-hydrogen) atoms. The summed E-state index contributed by atoms with van der Waals surface area (Å²) >= 11 is 0. The van der Waals surface area contributed by atoms with Crippen LogP contribution >= 0.6 is 0 Å². The summed E-state index contributed by atoms with van der Waals surface area (Å²) in [5, 5.41) is 3.18. The van der Waals surface area contributed by atoms with Crippen LogP contribution in [-0.2, 0) is 6.54 Å². The Hall–Kier alpha value is -3.22. The predicted molar refractivity (Wildman–Crippen MR) is 104 cm³/mol. The smallest absolute Gasteiger partial charge is 0.134 e. The Bertz CT molecular complexity index is 880. The number of pyridine rings is 1. The van der Waals surface area contributed by atoms with Crippen molar-refractivity contribution in [2.75, 3.05) is 41.3 Å². The number of anilines is 3. The summed E-state index contributed by atoms with van der Waals surface area (Å²) in [5.74, 6) is 2.36. The molecule has 7 heteroatoms. The van der Waals surface area contributed by atoms with Crippen molar-refractivity contribution in [1.29, 1.82) is 0 Å². The maximum atomic E-state index is 13.7. The van der Waals surface area contributed by atoms with Crippen molar-refractivity contribution in [1.82, 2.24) is 15.0 Å². The first-order valence-corrected chi connectivity index (χ1v) is 9.00. The SMILES string of the molecule is Fc1ccccc1CNc1cc(N2CCN(c3ccccn3)CC2)ncn1. The molecule has 138 valence electrons. The first-order valence-electron chi connectivity index (χ1n) is 9.00. The van der Waals surface area contributed by atoms with Gasteiger partial charge in [-0.15, -0.1) is 0 Å². The minimum atomic E-state index is -0.218. The van der Waals surface area contributed by atoms with Crippen molar-refractivity contribution in [3.63, 3.8) is 0 Å². The van der Waals surface area contributed by atoms with E-state index in [9.17, 15) is 4.39 Å². The molecule has 0 saturated carbocycles. The monoisotopic (exact) mass is 364 g/mol. The van der Waals surface area contributed by atoms with Gasteiger partial charge in [0.15, 0.2) is 0 Å². The van der Waals surface area contributed by atoms with E-state index in [1.165, 1.54) is 6.07 Å². The highest BCUT2D eigenvalue weighted by molar-refractivity contribution is 5.50. The molecule has 3 aromatic rings. The molecule has 2 aromatic heterocycles. The van der Waals surface area contributed by atoms with Crippen LogP contribution in [0.3, 0.4) is 0 Å². The fraction of sp³-hybridized carbons (Fsp3) is 0.250. The molecule has 1 saturated heterocycles. The van der Waals surface area contributed by atoms with Gasteiger partial charge in [0.2, 0.25) is 0 Å². The zero-order valence-electron chi connectivity index (χ0n) is 14.9. The van der Waals surface area contributed by atoms with Crippen molar-refractivity contribution < 1.29 is 4.39 Å². The number of rotatable bonds is 5. The summed E-state index contributed by atoms with van der Waals surface area (Å²) in [6.45, 7) is 3.88. The molecular weight excluding hydrogens is 343 g/mol. The Morgan fingerprint density at radius 3 is 2.33 bits per heavy atom. The van der Waals surface area contributed by atoms with Gasteiger partial charge in [0.25, 0.3) is 0 Å². The van der Waals surface area contributed by atoms with E-state index in [2.05, 4.69) is 30.1 Å². The molecule has 0 spiro atoms. The molecular formula is C20H21FN6. The summed E-state index contributed by atoms with van der Waals surface area (Å²) in [6.07, 6.45) is 3.36. The number of hydrogen-bond donors (Lipinski definition) is 1. The third kappa shape index (κ3) is 4.13. The fourth-order valence-electron chi connectivity index (χ4n) is 3.15. The van der Waals surface area contributed by atoms with Crippen LogP contribution in [0.4, 0.5) is 21.8 Å². The Balaban J connectivity index is 1.37. The third-order valence-corrected chi connectivity index (χ3v) is 4.65. The largest absolute Gasteiger partial charge is 0.366 e. The van der Waals surface area contributed by atoms with Crippen LogP contribution in [0, 0.1) is 5.82 Å². The van der Waals surface area contributed by atoms with E-state index in [1.54, 1.807) is 18.5 Å². The molecule has 0 unspecified atom stereocenters. The highest BCUT2D eigenvalue weighted by Gasteiger charge is 2.19. The van der Waals surface area contributed by atoms with E-state index in [4.69, 9.17) is 0 Å². The van der Waals surface area contributed by atoms with Crippen LogP contribution in [0.25, 0.3) is 0 Å². The lowest BCUT2D eigenvalue weighted by Gasteiger charge is -2.36. The van der Waals surface area contributed by atoms with Crippen LogP contribution in [-0.4, -0.2) is 41.1 Å². The molecule has 1 aromatic carbocycles. The van der Waals surface area contributed by atoms with E-state index < -0.39 is 0 Å². The van der Waals surface area contributed by atoms with E-state index in [0.29, 0.717) is 17.9 Å². The molecule has 4 rings (SSSR count). The van der Waals surface area contributed by atoms with Crippen molar-refractivity contribution in [2.45, 2.75) is 6.54 Å². The van der Waals surface area contributed by atoms with Crippen LogP contribution in [0.15, 0.2) is 61.1 Å². The van der Waals surface area contributed by atoms with Crippen LogP contribution < -0.4 is 15.1 Å². The van der Waals surface area contributed by atoms with Gasteiger partial charge in [0.1, 0.15) is 29.6 Å². The highest BCUT2D eigenvalue weighted by atomic mass is 19.1. The molecule has 1 aliphatic heterocycles. The normalized spacial score (nSPS) is 14.3. The second-order valence-corrected chi connectivity index (χ2v) is 6.37. The molecule has 0 radical (unpaired) electrons. The van der Waals surface area contributed by atoms with Crippen LogP contribution in [0.1, 0.15) is 5.56 Å². The average molecular weight is 364 g/mol. The lowest BCUT2D eigenvalue weighted by atomic mass is 10.2. The molecule has 1 fully saturated rings. The maximum absolute atomic E-state index is 13.7. The minimum absolute atomic E-state index is 0.218. The molecule has 3 heterocycles. The first kappa shape index (κ1) is 17.2. The van der Waals surface area contributed by atoms with Gasteiger partial charge in [0, 0.05) is 50.6 Å². The number of benzene rings is 1. The maximum Gasteiger partial charge on any atom is 0.134 e. The summed E-state index contributed by atoms with van der Waals surface area (Å²) in [5.41, 5.74) is 0.613. The lowest BCUT2D eigenvalue weighted by Crippen LogP contribution is -2.47. The van der Waals surface area contributed by atoms with Crippen molar-refractivity contribution in [2.24, 2.45) is 0 Å². The van der Waals surface area contributed by atoms with Gasteiger partial charge in [-0.05, 0) is 18.2 Å². The van der Waals surface area contributed by atoms with Gasteiger partial charge >= 0.3 is 0 Å². The van der Waals surface area contributed by atoms with Gasteiger partial charge < -0.3 is 15.1 Å². The van der Waals surface area contributed by atoms with Crippen LogP contribution in [0.5, 0.6) is 0 Å². The van der Waals surface area contributed by atoms with Crippen molar-refractivity contribution in [3.8, 4) is 0 Å². The second-order valence-electron chi connectivity index (χ2n) is 6.37. The van der Waals surface area contributed by atoms with Gasteiger partial charge in [-0.1, -0.05) is 24.3 Å². The van der Waals surface area contributed by atoms with E-state index in [0.717, 1.165) is 37.8 Å². The Morgan fingerprint density at radius 2 is 1.59 bits per heavy atom. The molecule has 1 aliphatic rings. The van der Waals surface area contributed by atoms with Gasteiger partial charge in [0.05, 0.1) is 0 Å². The fourth-order valence-corrected chi connectivity index (χ4v) is 3.15. The standard InChI is InChI=1S/C20H21FN6/c21-17-6-2-1-5-16(17)14-23-18-13-20(25-15-24-18)27-11-9-26(10-12-27)19-7-3-4-8-22-19/h1-8,13,15H,9-12,14H2,(H,23,24,25). The number of nitrogens with zero attached hydrogens (tertiary/aromatic N) is 5. The topological polar surface area (TPSA) is 57.2 Å². The van der Waals surface area contributed by atoms with E-state index in [1.807, 2.05) is 36.5 Å². The molecule has 1 N–H and O–H groups in total. The number of aromatic nitrogens is 3. The molecule has 0 atom stereocenters. The summed E-state index contributed by atoms with van der Waals surface area (Å²) in [6, 6.07) is 14.6. The zero-order valence-corrected chi connectivity index (χ0v) is 14.9. The second kappa shape index (κ2) is 7.99. The van der Waals surface area contributed by atoms with E-state index in [-0.39, 0.29) is 5.82 Å². The summed E-state index contributed by atoms with van der Waals surface area (Å²) in [7, 11) is 0. The predicted octanol–water partition coefficient (Wildman–Crippen LogP) is 2.95. The zero-order chi connectivity index (χ0) is 18.5. The first-order chi connectivity index (χ1) is 13.3. The highest BCUT2D eigenvalue weighted by Crippen LogP contribution is 2.19. The quantitative estimate of drug-likeness (QED) is 0.751. The molecule has 6 nitrogen and oxygen atoms in total. The molecule has 0 bridgehead atoms. The van der Waals surface area contributed by atoms with Gasteiger partial charge in [-0.3, -0.25) is 0 Å². The number of nitrogens with one attached hydrogen (secondary N) is 1. The number of piperazine rings is 1. The minimum Gasteiger partial charge on any atom is -0.366 e. The Morgan fingerprint density at radius 1 is 0.852 bits per heavy atom. The van der Waals surface area contributed by atoms with Crippen LogP contribution in [0.2, 0.25) is 0 Å². The van der Waals surface area contributed by atoms with Gasteiger partial charge in [-0.2, -0.15) is 0 Å². The number of halogens is 1. The Labute approximate surface area is 157 Å². The average Bonchev–Trinajstić information content (AvgIpc) is 2.74. The lowest BCUT2D eigenvalue weighted by molar-refractivity contribution is 0.613. The third-order valence-electron chi connectivity index (χ3n) is 4.65. The van der Waals surface area contributed by atoms with E-state index >= 15 is 0 Å². The molecule has 0 aliphatic carbocycles. The summed E-state index contributed by atoms with van der Waals surface area (Å²) in [4.78, 5) is 17.6. The van der Waals surface area contributed by atoms with Crippen molar-refractivity contribution >= 4 is 17.5 Å². The van der Waals surface area contributed by atoms with Crippen molar-refractivity contribution in [3.05, 3.63) is 72.4 Å². The molecule has 0 amide bonds. The van der Waals surface area contributed by atoms with Gasteiger partial charge in [-0.25, -0.2) is 19.3 Å². The summed E-state index contributed by atoms with van der Waals surface area (Å²) < 4.78 is 13.7. The Kier molecular flexibility index (Phi) is 5.09.